The molecule has 0 aliphatic heterocycles. The third-order valence-electron chi connectivity index (χ3n) is 3.11. The van der Waals surface area contributed by atoms with Crippen LogP contribution in [0.3, 0.4) is 0 Å². The Kier molecular flexibility index (Phi) is 10.1. The van der Waals surface area contributed by atoms with Crippen molar-refractivity contribution in [2.45, 2.75) is 19.5 Å². The Hall–Kier alpha value is -2.39. The summed E-state index contributed by atoms with van der Waals surface area (Å²) in [6, 6.07) is 5.51. The average molecular weight is 360 g/mol. The monoisotopic (exact) mass is 359 g/mol. The van der Waals surface area contributed by atoms with Gasteiger partial charge >= 0.3 is 6.03 Å². The number of carbonyl (C=O) groups is 2. The Labute approximate surface area is 146 Å². The second-order valence-corrected chi connectivity index (χ2v) is 4.95. The molecular weight excluding hydrogens is 338 g/mol. The van der Waals surface area contributed by atoms with Gasteiger partial charge in [-0.15, -0.1) is 12.4 Å². The van der Waals surface area contributed by atoms with Crippen molar-refractivity contribution in [3.8, 4) is 0 Å². The molecule has 1 rings (SSSR count). The Morgan fingerprint density at radius 1 is 1.17 bits per heavy atom. The molecule has 9 nitrogen and oxygen atoms in total. The lowest BCUT2D eigenvalue weighted by molar-refractivity contribution is -0.384. The zero-order valence-electron chi connectivity index (χ0n) is 13.5. The summed E-state index contributed by atoms with van der Waals surface area (Å²) in [5.74, 6) is -0.280. The second-order valence-electron chi connectivity index (χ2n) is 4.95. The summed E-state index contributed by atoms with van der Waals surface area (Å²) in [5.41, 5.74) is 0.712. The molecule has 0 spiro atoms. The maximum atomic E-state index is 11.6. The lowest BCUT2D eigenvalue weighted by atomic mass is 10.2. The molecule has 1 aromatic rings. The Balaban J connectivity index is 0.00000529. The molecule has 0 aromatic heterocycles. The first-order chi connectivity index (χ1) is 10.9. The van der Waals surface area contributed by atoms with Gasteiger partial charge in [-0.3, -0.25) is 14.9 Å². The van der Waals surface area contributed by atoms with Crippen molar-refractivity contribution in [1.29, 1.82) is 0 Å². The summed E-state index contributed by atoms with van der Waals surface area (Å²) >= 11 is 0. The predicted molar refractivity (Wildman–Crippen MR) is 92.1 cm³/mol. The maximum Gasteiger partial charge on any atom is 0.315 e. The number of nitro groups is 1. The van der Waals surface area contributed by atoms with Crippen molar-refractivity contribution in [2.75, 3.05) is 20.1 Å². The van der Waals surface area contributed by atoms with E-state index in [0.717, 1.165) is 5.56 Å². The number of halogens is 1. The smallest absolute Gasteiger partial charge is 0.315 e. The van der Waals surface area contributed by atoms with Crippen LogP contribution in [0.25, 0.3) is 0 Å². The summed E-state index contributed by atoms with van der Waals surface area (Å²) in [5, 5.41) is 21.2. The van der Waals surface area contributed by atoms with Gasteiger partial charge in [0.1, 0.15) is 0 Å². The second kappa shape index (κ2) is 11.2. The van der Waals surface area contributed by atoms with Gasteiger partial charge in [-0.05, 0) is 19.5 Å². The predicted octanol–water partition coefficient (Wildman–Crippen LogP) is 0.540. The van der Waals surface area contributed by atoms with E-state index in [1.165, 1.54) is 12.1 Å². The number of hydrogen-bond donors (Lipinski definition) is 4. The highest BCUT2D eigenvalue weighted by molar-refractivity contribution is 5.85. The third kappa shape index (κ3) is 8.30. The summed E-state index contributed by atoms with van der Waals surface area (Å²) in [6.07, 6.45) is 0. The van der Waals surface area contributed by atoms with Crippen molar-refractivity contribution in [2.24, 2.45) is 0 Å². The van der Waals surface area contributed by atoms with Crippen LogP contribution in [0.2, 0.25) is 0 Å². The van der Waals surface area contributed by atoms with Gasteiger partial charge in [0, 0.05) is 31.3 Å². The van der Waals surface area contributed by atoms with E-state index in [9.17, 15) is 19.7 Å². The number of non-ortho nitro benzene ring substituents is 1. The first kappa shape index (κ1) is 21.6. The zero-order valence-corrected chi connectivity index (χ0v) is 14.3. The van der Waals surface area contributed by atoms with Crippen molar-refractivity contribution in [3.63, 3.8) is 0 Å². The fraction of sp³-hybridized carbons (Fsp3) is 0.429. The number of nitrogens with zero attached hydrogens (tertiary/aromatic N) is 1. The number of carbonyl (C=O) groups excluding carboxylic acids is 2. The molecule has 10 heteroatoms. The van der Waals surface area contributed by atoms with Gasteiger partial charge in [0.2, 0.25) is 5.91 Å². The van der Waals surface area contributed by atoms with Gasteiger partial charge in [-0.25, -0.2) is 4.79 Å². The SMILES string of the molecule is CNC(C)CNC(=O)CNC(=O)NCc1ccc([N+](=O)[O-])cc1.Cl. The van der Waals surface area contributed by atoms with Crippen LogP contribution >= 0.6 is 12.4 Å². The van der Waals surface area contributed by atoms with Crippen molar-refractivity contribution in [1.82, 2.24) is 21.3 Å². The van der Waals surface area contributed by atoms with Crippen LogP contribution in [-0.2, 0) is 11.3 Å². The molecule has 4 N–H and O–H groups in total. The molecule has 0 saturated heterocycles. The number of nitro benzene ring substituents is 1. The fourth-order valence-electron chi connectivity index (χ4n) is 1.57. The van der Waals surface area contributed by atoms with Crippen molar-refractivity contribution >= 4 is 30.0 Å². The molecule has 1 atom stereocenters. The number of hydrogen-bond acceptors (Lipinski definition) is 5. The van der Waals surface area contributed by atoms with E-state index in [2.05, 4.69) is 21.3 Å². The lowest BCUT2D eigenvalue weighted by Crippen LogP contribution is -2.44. The van der Waals surface area contributed by atoms with Crippen LogP contribution in [0.15, 0.2) is 24.3 Å². The Bertz CT molecular complexity index is 553. The minimum atomic E-state index is -0.489. The minimum absolute atomic E-state index is 0. The number of likely N-dealkylation sites (N-methyl/N-ethyl adjacent to an activating group) is 1. The van der Waals surface area contributed by atoms with Gasteiger partial charge in [-0.1, -0.05) is 12.1 Å². The topological polar surface area (TPSA) is 125 Å². The van der Waals surface area contributed by atoms with Crippen LogP contribution in [0, 0.1) is 10.1 Å². The number of nitrogens with one attached hydrogen (secondary N) is 4. The molecular formula is C14H22ClN5O4. The maximum absolute atomic E-state index is 11.6. The number of benzene rings is 1. The van der Waals surface area contributed by atoms with Crippen LogP contribution in [0.4, 0.5) is 10.5 Å². The first-order valence-corrected chi connectivity index (χ1v) is 7.11. The molecule has 0 aliphatic carbocycles. The fourth-order valence-corrected chi connectivity index (χ4v) is 1.57. The van der Waals surface area contributed by atoms with Crippen LogP contribution in [0.1, 0.15) is 12.5 Å². The summed E-state index contributed by atoms with van der Waals surface area (Å²) in [6.45, 7) is 2.48. The van der Waals surface area contributed by atoms with E-state index >= 15 is 0 Å². The molecule has 1 aromatic carbocycles. The van der Waals surface area contributed by atoms with E-state index in [0.29, 0.717) is 6.54 Å². The molecule has 0 fully saturated rings. The lowest BCUT2D eigenvalue weighted by Gasteiger charge is -2.12. The van der Waals surface area contributed by atoms with Gasteiger partial charge in [-0.2, -0.15) is 0 Å². The Morgan fingerprint density at radius 3 is 2.33 bits per heavy atom. The largest absolute Gasteiger partial charge is 0.353 e. The van der Waals surface area contributed by atoms with Crippen LogP contribution in [0.5, 0.6) is 0 Å². The van der Waals surface area contributed by atoms with Crippen LogP contribution < -0.4 is 21.3 Å². The van der Waals surface area contributed by atoms with E-state index in [1.54, 1.807) is 19.2 Å². The number of urea groups is 1. The molecule has 1 unspecified atom stereocenters. The molecule has 0 aliphatic rings. The highest BCUT2D eigenvalue weighted by Crippen LogP contribution is 2.11. The van der Waals surface area contributed by atoms with Crippen molar-refractivity contribution in [3.05, 3.63) is 39.9 Å². The normalized spacial score (nSPS) is 10.9. The molecule has 0 bridgehead atoms. The number of rotatable bonds is 8. The van der Waals surface area contributed by atoms with Crippen molar-refractivity contribution < 1.29 is 14.5 Å². The minimum Gasteiger partial charge on any atom is -0.353 e. The summed E-state index contributed by atoms with van der Waals surface area (Å²) < 4.78 is 0. The zero-order chi connectivity index (χ0) is 17.2. The van der Waals surface area contributed by atoms with E-state index in [1.807, 2.05) is 6.92 Å². The highest BCUT2D eigenvalue weighted by Gasteiger charge is 2.07. The molecule has 0 saturated carbocycles. The van der Waals surface area contributed by atoms with Gasteiger partial charge in [0.05, 0.1) is 11.5 Å². The van der Waals surface area contributed by atoms with Gasteiger partial charge in [0.15, 0.2) is 0 Å². The molecule has 3 amide bonds. The molecule has 134 valence electrons. The standard InChI is InChI=1S/C14H21N5O4.ClH/c1-10(15-2)7-16-13(20)9-18-14(21)17-8-11-3-5-12(6-4-11)19(22)23;/h3-6,10,15H,7-9H2,1-2H3,(H,16,20)(H2,17,18,21);1H. The molecule has 24 heavy (non-hydrogen) atoms. The summed E-state index contributed by atoms with van der Waals surface area (Å²) in [7, 11) is 1.79. The van der Waals surface area contributed by atoms with Gasteiger partial charge in [0.25, 0.3) is 5.69 Å². The summed E-state index contributed by atoms with van der Waals surface area (Å²) in [4.78, 5) is 33.1. The van der Waals surface area contributed by atoms with E-state index < -0.39 is 11.0 Å². The molecule has 0 radical (unpaired) electrons. The number of amides is 3. The third-order valence-corrected chi connectivity index (χ3v) is 3.11. The van der Waals surface area contributed by atoms with E-state index in [-0.39, 0.29) is 43.1 Å². The van der Waals surface area contributed by atoms with E-state index in [4.69, 9.17) is 0 Å². The van der Waals surface area contributed by atoms with Gasteiger partial charge < -0.3 is 21.3 Å². The first-order valence-electron chi connectivity index (χ1n) is 7.11. The quantitative estimate of drug-likeness (QED) is 0.398. The highest BCUT2D eigenvalue weighted by atomic mass is 35.5. The van der Waals surface area contributed by atoms with Crippen LogP contribution in [-0.4, -0.2) is 43.0 Å². The average Bonchev–Trinajstić information content (AvgIpc) is 2.56. The Morgan fingerprint density at radius 2 is 1.79 bits per heavy atom. The molecule has 0 heterocycles.